The summed E-state index contributed by atoms with van der Waals surface area (Å²) < 4.78 is 0. The fourth-order valence-corrected chi connectivity index (χ4v) is 2.55. The zero-order chi connectivity index (χ0) is 11.1. The Balaban J connectivity index is 2.36. The minimum Gasteiger partial charge on any atom is -0.385 e. The quantitative estimate of drug-likeness (QED) is 0.739. The van der Waals surface area contributed by atoms with Crippen molar-refractivity contribution in [3.63, 3.8) is 0 Å². The van der Waals surface area contributed by atoms with Crippen molar-refractivity contribution in [2.75, 3.05) is 5.73 Å². The van der Waals surface area contributed by atoms with E-state index in [1.54, 1.807) is 6.20 Å². The highest BCUT2D eigenvalue weighted by molar-refractivity contribution is 5.43. The van der Waals surface area contributed by atoms with Gasteiger partial charge in [0.25, 0.3) is 0 Å². The van der Waals surface area contributed by atoms with Gasteiger partial charge in [0.1, 0.15) is 5.82 Å². The Labute approximate surface area is 90.3 Å². The molecule has 1 heterocycles. The van der Waals surface area contributed by atoms with Crippen molar-refractivity contribution >= 4 is 5.82 Å². The summed E-state index contributed by atoms with van der Waals surface area (Å²) in [5, 5.41) is 10.6. The highest BCUT2D eigenvalue weighted by Crippen LogP contribution is 2.49. The molecule has 3 nitrogen and oxygen atoms in total. The summed E-state index contributed by atoms with van der Waals surface area (Å²) in [7, 11) is 0. The van der Waals surface area contributed by atoms with E-state index >= 15 is 0 Å². The number of aromatic nitrogens is 1. The molecule has 3 N–H and O–H groups in total. The lowest BCUT2D eigenvalue weighted by Gasteiger charge is -2.26. The van der Waals surface area contributed by atoms with Gasteiger partial charge in [0.05, 0.1) is 5.60 Å². The fourth-order valence-electron chi connectivity index (χ4n) is 2.55. The first-order chi connectivity index (χ1) is 6.93. The van der Waals surface area contributed by atoms with Gasteiger partial charge >= 0.3 is 0 Å². The van der Waals surface area contributed by atoms with Crippen LogP contribution in [0.2, 0.25) is 0 Å². The Bertz CT molecular complexity index is 376. The Kier molecular flexibility index (Phi) is 2.23. The van der Waals surface area contributed by atoms with E-state index in [0.717, 1.165) is 24.8 Å². The van der Waals surface area contributed by atoms with Gasteiger partial charge in [0, 0.05) is 11.8 Å². The van der Waals surface area contributed by atoms with Gasteiger partial charge in [-0.25, -0.2) is 4.98 Å². The van der Waals surface area contributed by atoms with Crippen LogP contribution in [-0.4, -0.2) is 10.1 Å². The van der Waals surface area contributed by atoms with E-state index in [1.165, 1.54) is 0 Å². The van der Waals surface area contributed by atoms with E-state index in [9.17, 15) is 5.11 Å². The maximum Gasteiger partial charge on any atom is 0.129 e. The summed E-state index contributed by atoms with van der Waals surface area (Å²) >= 11 is 0. The number of nitrogens with zero attached hydrogens (tertiary/aromatic N) is 1. The second kappa shape index (κ2) is 3.20. The fraction of sp³-hybridized carbons (Fsp3) is 0.583. The largest absolute Gasteiger partial charge is 0.385 e. The Morgan fingerprint density at radius 2 is 2.13 bits per heavy atom. The molecule has 1 aliphatic carbocycles. The van der Waals surface area contributed by atoms with Gasteiger partial charge in [0.15, 0.2) is 0 Å². The van der Waals surface area contributed by atoms with Gasteiger partial charge in [-0.15, -0.1) is 0 Å². The third kappa shape index (κ3) is 1.84. The molecule has 0 saturated heterocycles. The number of nitrogens with two attached hydrogens (primary N) is 1. The van der Waals surface area contributed by atoms with Crippen molar-refractivity contribution in [2.45, 2.75) is 38.7 Å². The van der Waals surface area contributed by atoms with Gasteiger partial charge in [-0.05, 0) is 30.7 Å². The molecule has 1 aliphatic rings. The van der Waals surface area contributed by atoms with E-state index in [1.807, 2.05) is 12.1 Å². The van der Waals surface area contributed by atoms with E-state index in [0.29, 0.717) is 5.82 Å². The normalized spacial score (nSPS) is 29.3. The Morgan fingerprint density at radius 1 is 1.40 bits per heavy atom. The molecule has 1 unspecified atom stereocenters. The highest BCUT2D eigenvalue weighted by atomic mass is 16.3. The summed E-state index contributed by atoms with van der Waals surface area (Å²) in [6, 6.07) is 3.71. The smallest absolute Gasteiger partial charge is 0.129 e. The van der Waals surface area contributed by atoms with Crippen molar-refractivity contribution in [3.8, 4) is 0 Å². The molecule has 0 aromatic carbocycles. The second-order valence-corrected chi connectivity index (χ2v) is 5.31. The van der Waals surface area contributed by atoms with Gasteiger partial charge in [-0.2, -0.15) is 0 Å². The van der Waals surface area contributed by atoms with E-state index < -0.39 is 5.60 Å². The summed E-state index contributed by atoms with van der Waals surface area (Å²) in [6.07, 6.45) is 4.21. The van der Waals surface area contributed by atoms with Gasteiger partial charge in [-0.1, -0.05) is 19.9 Å². The van der Waals surface area contributed by atoms with Crippen LogP contribution in [0.3, 0.4) is 0 Å². The van der Waals surface area contributed by atoms with Crippen LogP contribution in [-0.2, 0) is 5.60 Å². The number of anilines is 1. The Morgan fingerprint density at radius 3 is 2.67 bits per heavy atom. The topological polar surface area (TPSA) is 59.1 Å². The number of hydrogen-bond acceptors (Lipinski definition) is 3. The number of hydrogen-bond donors (Lipinski definition) is 2. The predicted molar refractivity (Wildman–Crippen MR) is 60.2 cm³/mol. The first-order valence-electron chi connectivity index (χ1n) is 5.36. The molecule has 1 fully saturated rings. The SMILES string of the molecule is CC1(C)CCC(O)(c2cccnc2N)C1. The third-order valence-electron chi connectivity index (χ3n) is 3.33. The van der Waals surface area contributed by atoms with E-state index in [2.05, 4.69) is 18.8 Å². The molecule has 15 heavy (non-hydrogen) atoms. The lowest BCUT2D eigenvalue weighted by Crippen LogP contribution is -2.25. The van der Waals surface area contributed by atoms with Crippen molar-refractivity contribution in [3.05, 3.63) is 23.9 Å². The number of rotatable bonds is 1. The summed E-state index contributed by atoms with van der Waals surface area (Å²) in [5.41, 5.74) is 6.01. The van der Waals surface area contributed by atoms with Crippen LogP contribution in [0.5, 0.6) is 0 Å². The molecule has 1 aromatic heterocycles. The van der Waals surface area contributed by atoms with Gasteiger partial charge in [0.2, 0.25) is 0 Å². The average Bonchev–Trinajstić information content (AvgIpc) is 2.42. The molecule has 3 heteroatoms. The van der Waals surface area contributed by atoms with E-state index in [4.69, 9.17) is 5.73 Å². The molecular weight excluding hydrogens is 188 g/mol. The van der Waals surface area contributed by atoms with Crippen LogP contribution in [0.15, 0.2) is 18.3 Å². The molecule has 1 atom stereocenters. The minimum absolute atomic E-state index is 0.191. The maximum atomic E-state index is 10.6. The first-order valence-corrected chi connectivity index (χ1v) is 5.36. The zero-order valence-electron chi connectivity index (χ0n) is 9.33. The van der Waals surface area contributed by atoms with Crippen molar-refractivity contribution in [1.82, 2.24) is 4.98 Å². The summed E-state index contributed by atoms with van der Waals surface area (Å²) in [5.74, 6) is 0.456. The van der Waals surface area contributed by atoms with Crippen LogP contribution >= 0.6 is 0 Å². The predicted octanol–water partition coefficient (Wildman–Crippen LogP) is 2.06. The molecule has 82 valence electrons. The molecule has 0 aliphatic heterocycles. The van der Waals surface area contributed by atoms with Crippen LogP contribution in [0.1, 0.15) is 38.7 Å². The average molecular weight is 206 g/mol. The van der Waals surface area contributed by atoms with Crippen LogP contribution in [0.25, 0.3) is 0 Å². The number of nitrogen functional groups attached to an aromatic ring is 1. The monoisotopic (exact) mass is 206 g/mol. The molecule has 0 amide bonds. The molecule has 0 radical (unpaired) electrons. The highest BCUT2D eigenvalue weighted by Gasteiger charge is 2.43. The van der Waals surface area contributed by atoms with Crippen LogP contribution < -0.4 is 5.73 Å². The lowest BCUT2D eigenvalue weighted by molar-refractivity contribution is 0.0343. The van der Waals surface area contributed by atoms with Gasteiger partial charge in [-0.3, -0.25) is 0 Å². The van der Waals surface area contributed by atoms with Crippen molar-refractivity contribution in [2.24, 2.45) is 5.41 Å². The number of pyridine rings is 1. The zero-order valence-corrected chi connectivity index (χ0v) is 9.33. The molecule has 0 bridgehead atoms. The first kappa shape index (κ1) is 10.4. The second-order valence-electron chi connectivity index (χ2n) is 5.31. The standard InChI is InChI=1S/C12H18N2O/c1-11(2)5-6-12(15,8-11)9-4-3-7-14-10(9)13/h3-4,7,15H,5-6,8H2,1-2H3,(H2,13,14). The van der Waals surface area contributed by atoms with Crippen molar-refractivity contribution < 1.29 is 5.11 Å². The maximum absolute atomic E-state index is 10.6. The van der Waals surface area contributed by atoms with Crippen LogP contribution in [0, 0.1) is 5.41 Å². The molecule has 0 spiro atoms. The molecule has 1 saturated carbocycles. The Hall–Kier alpha value is -1.09. The summed E-state index contributed by atoms with van der Waals surface area (Å²) in [6.45, 7) is 4.36. The van der Waals surface area contributed by atoms with Gasteiger partial charge < -0.3 is 10.8 Å². The lowest BCUT2D eigenvalue weighted by atomic mass is 9.86. The molecular formula is C12H18N2O. The minimum atomic E-state index is -0.776. The van der Waals surface area contributed by atoms with E-state index in [-0.39, 0.29) is 5.41 Å². The summed E-state index contributed by atoms with van der Waals surface area (Å²) in [4.78, 5) is 4.03. The molecule has 1 aromatic rings. The van der Waals surface area contributed by atoms with Crippen molar-refractivity contribution in [1.29, 1.82) is 0 Å². The number of aliphatic hydroxyl groups is 1. The molecule has 2 rings (SSSR count). The third-order valence-corrected chi connectivity index (χ3v) is 3.33. The van der Waals surface area contributed by atoms with Crippen LogP contribution in [0.4, 0.5) is 5.82 Å².